The number of rotatable bonds is 4. The van der Waals surface area contributed by atoms with Gasteiger partial charge in [0.05, 0.1) is 5.41 Å². The molecule has 0 spiro atoms. The van der Waals surface area contributed by atoms with Gasteiger partial charge in [-0.25, -0.2) is 9.97 Å². The van der Waals surface area contributed by atoms with Crippen molar-refractivity contribution in [3.05, 3.63) is 10.8 Å². The second kappa shape index (κ2) is 4.65. The number of halogens is 1. The predicted octanol–water partition coefficient (Wildman–Crippen LogP) is 0.745. The van der Waals surface area contributed by atoms with Gasteiger partial charge in [0, 0.05) is 6.54 Å². The molecule has 0 aliphatic heterocycles. The number of anilines is 2. The Kier molecular flexibility index (Phi) is 3.69. The lowest BCUT2D eigenvalue weighted by Gasteiger charge is -2.21. The van der Waals surface area contributed by atoms with Crippen molar-refractivity contribution >= 4 is 33.5 Å². The Balaban J connectivity index is 2.76. The Labute approximate surface area is 102 Å². The zero-order chi connectivity index (χ0) is 12.3. The Morgan fingerprint density at radius 1 is 1.56 bits per heavy atom. The highest BCUT2D eigenvalue weighted by Gasteiger charge is 2.25. The number of primary amides is 1. The summed E-state index contributed by atoms with van der Waals surface area (Å²) in [5.74, 6) is 0.509. The Morgan fingerprint density at radius 2 is 2.19 bits per heavy atom. The number of hydrogen-bond acceptors (Lipinski definition) is 5. The van der Waals surface area contributed by atoms with Gasteiger partial charge in [-0.3, -0.25) is 4.79 Å². The van der Waals surface area contributed by atoms with E-state index in [0.717, 1.165) is 0 Å². The van der Waals surface area contributed by atoms with Crippen LogP contribution in [0.5, 0.6) is 0 Å². The zero-order valence-corrected chi connectivity index (χ0v) is 10.7. The van der Waals surface area contributed by atoms with Crippen molar-refractivity contribution in [1.82, 2.24) is 9.97 Å². The van der Waals surface area contributed by atoms with Gasteiger partial charge in [-0.15, -0.1) is 0 Å². The van der Waals surface area contributed by atoms with Crippen LogP contribution in [-0.2, 0) is 4.79 Å². The number of carbonyl (C=O) groups excluding carboxylic acids is 1. The fourth-order valence-corrected chi connectivity index (χ4v) is 1.24. The molecule has 1 heterocycles. The summed E-state index contributed by atoms with van der Waals surface area (Å²) in [5.41, 5.74) is 10.2. The first-order valence-corrected chi connectivity index (χ1v) is 5.43. The van der Waals surface area contributed by atoms with Crippen LogP contribution in [-0.4, -0.2) is 22.4 Å². The minimum absolute atomic E-state index is 0.342. The molecule has 7 heteroatoms. The Morgan fingerprint density at radius 3 is 2.75 bits per heavy atom. The predicted molar refractivity (Wildman–Crippen MR) is 65.6 cm³/mol. The quantitative estimate of drug-likeness (QED) is 0.757. The molecule has 1 rings (SSSR count). The topological polar surface area (TPSA) is 107 Å². The van der Waals surface area contributed by atoms with Crippen LogP contribution in [0, 0.1) is 5.41 Å². The van der Waals surface area contributed by atoms with E-state index < -0.39 is 5.41 Å². The van der Waals surface area contributed by atoms with Crippen LogP contribution in [0.2, 0.25) is 0 Å². The molecule has 0 aliphatic carbocycles. The lowest BCUT2D eigenvalue weighted by molar-refractivity contribution is -0.125. The van der Waals surface area contributed by atoms with E-state index in [1.54, 1.807) is 13.8 Å². The van der Waals surface area contributed by atoms with Crippen LogP contribution in [0.4, 0.5) is 11.6 Å². The van der Waals surface area contributed by atoms with Crippen LogP contribution in [0.3, 0.4) is 0 Å². The molecule has 0 saturated carbocycles. The summed E-state index contributed by atoms with van der Waals surface area (Å²) in [5, 5.41) is 3.00. The third kappa shape index (κ3) is 2.82. The molecular weight excluding hydrogens is 274 g/mol. The number of nitrogen functional groups attached to an aromatic ring is 1. The van der Waals surface area contributed by atoms with Crippen molar-refractivity contribution in [2.24, 2.45) is 11.1 Å². The Bertz CT molecular complexity index is 407. The first-order chi connectivity index (χ1) is 7.34. The molecule has 88 valence electrons. The van der Waals surface area contributed by atoms with Gasteiger partial charge in [0.1, 0.15) is 22.4 Å². The fraction of sp³-hybridized carbons (Fsp3) is 0.444. The second-order valence-corrected chi connectivity index (χ2v) is 4.82. The van der Waals surface area contributed by atoms with E-state index >= 15 is 0 Å². The lowest BCUT2D eigenvalue weighted by Crippen LogP contribution is -2.37. The molecule has 1 aromatic heterocycles. The van der Waals surface area contributed by atoms with Crippen molar-refractivity contribution in [3.8, 4) is 0 Å². The summed E-state index contributed by atoms with van der Waals surface area (Å²) in [6.45, 7) is 3.87. The largest absolute Gasteiger partial charge is 0.383 e. The highest BCUT2D eigenvalue weighted by atomic mass is 79.9. The zero-order valence-electron chi connectivity index (χ0n) is 9.12. The SMILES string of the molecule is CC(C)(CNc1ncnc(N)c1Br)C(N)=O. The summed E-state index contributed by atoms with van der Waals surface area (Å²) < 4.78 is 0.579. The number of aromatic nitrogens is 2. The van der Waals surface area contributed by atoms with Gasteiger partial charge in [-0.2, -0.15) is 0 Å². The van der Waals surface area contributed by atoms with Gasteiger partial charge < -0.3 is 16.8 Å². The molecule has 1 amide bonds. The van der Waals surface area contributed by atoms with E-state index in [9.17, 15) is 4.79 Å². The molecule has 0 aliphatic rings. The van der Waals surface area contributed by atoms with Gasteiger partial charge in [0.15, 0.2) is 0 Å². The van der Waals surface area contributed by atoms with E-state index in [1.165, 1.54) is 6.33 Å². The molecule has 16 heavy (non-hydrogen) atoms. The Hall–Kier alpha value is -1.37. The van der Waals surface area contributed by atoms with E-state index in [-0.39, 0.29) is 5.91 Å². The molecule has 6 nitrogen and oxygen atoms in total. The molecule has 0 aromatic carbocycles. The summed E-state index contributed by atoms with van der Waals surface area (Å²) >= 11 is 3.26. The van der Waals surface area contributed by atoms with E-state index in [2.05, 4.69) is 31.2 Å². The van der Waals surface area contributed by atoms with E-state index in [1.807, 2.05) is 0 Å². The number of carbonyl (C=O) groups is 1. The standard InChI is InChI=1S/C9H14BrN5O/c1-9(2,8(12)16)3-13-7-5(10)6(11)14-4-15-7/h4H,3H2,1-2H3,(H2,12,16)(H3,11,13,14,15). The van der Waals surface area contributed by atoms with Gasteiger partial charge in [-0.1, -0.05) is 0 Å². The normalized spacial score (nSPS) is 11.2. The van der Waals surface area contributed by atoms with Crippen LogP contribution in [0.25, 0.3) is 0 Å². The minimum atomic E-state index is -0.654. The minimum Gasteiger partial charge on any atom is -0.383 e. The summed E-state index contributed by atoms with van der Waals surface area (Å²) in [4.78, 5) is 18.9. The highest BCUT2D eigenvalue weighted by Crippen LogP contribution is 2.25. The molecule has 0 atom stereocenters. The molecule has 0 unspecified atom stereocenters. The van der Waals surface area contributed by atoms with Crippen molar-refractivity contribution in [1.29, 1.82) is 0 Å². The van der Waals surface area contributed by atoms with Gasteiger partial charge in [-0.05, 0) is 29.8 Å². The molecule has 0 bridgehead atoms. The average Bonchev–Trinajstić information content (AvgIpc) is 2.20. The average molecular weight is 288 g/mol. The number of nitrogens with one attached hydrogen (secondary N) is 1. The molecule has 0 saturated heterocycles. The second-order valence-electron chi connectivity index (χ2n) is 4.02. The van der Waals surface area contributed by atoms with E-state index in [0.29, 0.717) is 22.7 Å². The molecule has 1 aromatic rings. The number of hydrogen-bond donors (Lipinski definition) is 3. The van der Waals surface area contributed by atoms with Crippen molar-refractivity contribution in [2.45, 2.75) is 13.8 Å². The maximum absolute atomic E-state index is 11.1. The van der Waals surface area contributed by atoms with Crippen molar-refractivity contribution in [2.75, 3.05) is 17.6 Å². The van der Waals surface area contributed by atoms with Crippen LogP contribution in [0.15, 0.2) is 10.8 Å². The van der Waals surface area contributed by atoms with Crippen molar-refractivity contribution < 1.29 is 4.79 Å². The summed E-state index contributed by atoms with van der Waals surface area (Å²) in [6, 6.07) is 0. The smallest absolute Gasteiger partial charge is 0.224 e. The summed E-state index contributed by atoms with van der Waals surface area (Å²) in [7, 11) is 0. The monoisotopic (exact) mass is 287 g/mol. The van der Waals surface area contributed by atoms with E-state index in [4.69, 9.17) is 11.5 Å². The molecular formula is C9H14BrN5O. The number of nitrogens with zero attached hydrogens (tertiary/aromatic N) is 2. The van der Waals surface area contributed by atoms with Gasteiger partial charge >= 0.3 is 0 Å². The van der Waals surface area contributed by atoms with Crippen molar-refractivity contribution in [3.63, 3.8) is 0 Å². The molecule has 5 N–H and O–H groups in total. The molecule has 0 radical (unpaired) electrons. The highest BCUT2D eigenvalue weighted by molar-refractivity contribution is 9.10. The number of nitrogens with two attached hydrogens (primary N) is 2. The third-order valence-corrected chi connectivity index (χ3v) is 2.96. The fourth-order valence-electron chi connectivity index (χ4n) is 0.899. The van der Waals surface area contributed by atoms with Gasteiger partial charge in [0.2, 0.25) is 5.91 Å². The first-order valence-electron chi connectivity index (χ1n) is 4.64. The van der Waals surface area contributed by atoms with Crippen LogP contribution in [0.1, 0.15) is 13.8 Å². The third-order valence-electron chi connectivity index (χ3n) is 2.18. The summed E-state index contributed by atoms with van der Waals surface area (Å²) in [6.07, 6.45) is 1.35. The number of amides is 1. The maximum Gasteiger partial charge on any atom is 0.224 e. The maximum atomic E-state index is 11.1. The van der Waals surface area contributed by atoms with Crippen LogP contribution >= 0.6 is 15.9 Å². The van der Waals surface area contributed by atoms with Crippen LogP contribution < -0.4 is 16.8 Å². The lowest BCUT2D eigenvalue weighted by atomic mass is 9.93. The van der Waals surface area contributed by atoms with Gasteiger partial charge in [0.25, 0.3) is 0 Å². The molecule has 0 fully saturated rings. The first kappa shape index (κ1) is 12.7.